The van der Waals surface area contributed by atoms with Crippen molar-refractivity contribution in [2.45, 2.75) is 46.1 Å². The first-order chi connectivity index (χ1) is 18.0. The number of aliphatic hydroxyl groups excluding tert-OH is 1. The topological polar surface area (TPSA) is 70.1 Å². The van der Waals surface area contributed by atoms with E-state index in [1.807, 2.05) is 93.5 Å². The van der Waals surface area contributed by atoms with E-state index < -0.39 is 17.7 Å². The zero-order valence-corrected chi connectivity index (χ0v) is 23.2. The number of rotatable bonds is 6. The monoisotopic (exact) mass is 512 g/mol. The molecule has 0 aliphatic carbocycles. The van der Waals surface area contributed by atoms with Crippen molar-refractivity contribution in [1.82, 2.24) is 0 Å². The number of anilines is 2. The smallest absolute Gasteiger partial charge is 0.300 e. The average Bonchev–Trinajstić information content (AvgIpc) is 3.13. The molecule has 0 bridgehead atoms. The Kier molecular flexibility index (Phi) is 7.36. The van der Waals surface area contributed by atoms with Crippen molar-refractivity contribution in [1.29, 1.82) is 0 Å². The predicted molar refractivity (Wildman–Crippen MR) is 153 cm³/mol. The summed E-state index contributed by atoms with van der Waals surface area (Å²) in [6.07, 6.45) is 0. The molecule has 1 saturated heterocycles. The minimum Gasteiger partial charge on any atom is -0.507 e. The molecule has 3 aromatic rings. The van der Waals surface area contributed by atoms with Crippen molar-refractivity contribution >= 4 is 28.8 Å². The first-order valence-corrected chi connectivity index (χ1v) is 12.9. The van der Waals surface area contributed by atoms with Crippen LogP contribution in [0.25, 0.3) is 5.76 Å². The van der Waals surface area contributed by atoms with Crippen molar-refractivity contribution in [2.75, 3.05) is 30.5 Å². The summed E-state index contributed by atoms with van der Waals surface area (Å²) in [5, 5.41) is 11.7. The van der Waals surface area contributed by atoms with E-state index in [4.69, 9.17) is 4.74 Å². The number of hydrogen-bond acceptors (Lipinski definition) is 5. The van der Waals surface area contributed by atoms with Gasteiger partial charge in [0.25, 0.3) is 11.7 Å². The Morgan fingerprint density at radius 1 is 1.00 bits per heavy atom. The average molecular weight is 513 g/mol. The SMILES string of the molecule is CCOc1ccc(/C(O)=C2\C(=O)C(=O)N(c3ccc(N(C)C)cc3)C2c2ccccc2C)cc1C(C)(C)C. The largest absolute Gasteiger partial charge is 0.507 e. The standard InChI is InChI=1S/C32H36N2O4/c1-8-38-26-18-13-21(19-25(26)32(3,4)5)29(35)27-28(24-12-10-9-11-20(24)2)34(31(37)30(27)36)23-16-14-22(15-17-23)33(6)7/h9-19,28,35H,8H2,1-7H3/b29-27+. The molecule has 1 unspecified atom stereocenters. The van der Waals surface area contributed by atoms with Gasteiger partial charge in [0, 0.05) is 36.6 Å². The van der Waals surface area contributed by atoms with E-state index in [0.29, 0.717) is 17.9 Å². The molecule has 6 heteroatoms. The lowest BCUT2D eigenvalue weighted by atomic mass is 9.84. The molecule has 1 fully saturated rings. The summed E-state index contributed by atoms with van der Waals surface area (Å²) < 4.78 is 5.84. The highest BCUT2D eigenvalue weighted by atomic mass is 16.5. The normalized spacial score (nSPS) is 17.1. The number of carbonyl (C=O) groups is 2. The zero-order valence-electron chi connectivity index (χ0n) is 23.2. The van der Waals surface area contributed by atoms with Gasteiger partial charge in [0.2, 0.25) is 0 Å². The molecule has 1 heterocycles. The molecule has 1 aliphatic heterocycles. The Balaban J connectivity index is 1.94. The maximum absolute atomic E-state index is 13.6. The van der Waals surface area contributed by atoms with Crippen LogP contribution < -0.4 is 14.5 Å². The van der Waals surface area contributed by atoms with Crippen molar-refractivity contribution in [3.63, 3.8) is 0 Å². The number of carbonyl (C=O) groups excluding carboxylic acids is 2. The number of amides is 1. The first-order valence-electron chi connectivity index (χ1n) is 12.9. The number of ether oxygens (including phenoxy) is 1. The Labute approximate surface area is 225 Å². The molecule has 1 atom stereocenters. The lowest BCUT2D eigenvalue weighted by Gasteiger charge is -2.27. The van der Waals surface area contributed by atoms with Gasteiger partial charge in [-0.2, -0.15) is 0 Å². The van der Waals surface area contributed by atoms with Crippen LogP contribution in [0.5, 0.6) is 5.75 Å². The Morgan fingerprint density at radius 3 is 2.24 bits per heavy atom. The second-order valence-electron chi connectivity index (χ2n) is 10.8. The molecule has 0 spiro atoms. The fourth-order valence-electron chi connectivity index (χ4n) is 4.90. The number of hydrogen-bond donors (Lipinski definition) is 1. The van der Waals surface area contributed by atoms with Gasteiger partial charge >= 0.3 is 0 Å². The number of benzene rings is 3. The number of aliphatic hydroxyl groups is 1. The van der Waals surface area contributed by atoms with Gasteiger partial charge in [-0.3, -0.25) is 14.5 Å². The third-order valence-electron chi connectivity index (χ3n) is 6.93. The number of aryl methyl sites for hydroxylation is 1. The van der Waals surface area contributed by atoms with Crippen molar-refractivity contribution in [3.8, 4) is 5.75 Å². The fourth-order valence-corrected chi connectivity index (χ4v) is 4.90. The van der Waals surface area contributed by atoms with Crippen LogP contribution in [0.15, 0.2) is 72.3 Å². The maximum Gasteiger partial charge on any atom is 0.300 e. The molecule has 1 aliphatic rings. The molecule has 1 N–H and O–H groups in total. The number of Topliss-reactive ketones (excluding diaryl/α,β-unsaturated/α-hetero) is 1. The van der Waals surface area contributed by atoms with Gasteiger partial charge in [0.15, 0.2) is 0 Å². The quantitative estimate of drug-likeness (QED) is 0.236. The van der Waals surface area contributed by atoms with E-state index in [2.05, 4.69) is 20.8 Å². The van der Waals surface area contributed by atoms with Crippen LogP contribution in [-0.2, 0) is 15.0 Å². The lowest BCUT2D eigenvalue weighted by molar-refractivity contribution is -0.132. The molecule has 3 aromatic carbocycles. The van der Waals surface area contributed by atoms with Crippen LogP contribution in [-0.4, -0.2) is 37.5 Å². The minimum atomic E-state index is -0.772. The fraction of sp³-hybridized carbons (Fsp3) is 0.312. The molecule has 1 amide bonds. The minimum absolute atomic E-state index is 0.0741. The molecule has 38 heavy (non-hydrogen) atoms. The van der Waals surface area contributed by atoms with Crippen LogP contribution in [0.1, 0.15) is 56.0 Å². The molecule has 6 nitrogen and oxygen atoms in total. The molecule has 198 valence electrons. The highest BCUT2D eigenvalue weighted by Crippen LogP contribution is 2.44. The molecular weight excluding hydrogens is 476 g/mol. The second kappa shape index (κ2) is 10.4. The molecular formula is C32H36N2O4. The predicted octanol–water partition coefficient (Wildman–Crippen LogP) is 6.38. The Bertz CT molecular complexity index is 1400. The summed E-state index contributed by atoms with van der Waals surface area (Å²) in [7, 11) is 3.88. The molecule has 0 radical (unpaired) electrons. The van der Waals surface area contributed by atoms with E-state index in [1.54, 1.807) is 6.07 Å². The zero-order chi connectivity index (χ0) is 27.8. The first kappa shape index (κ1) is 27.0. The molecule has 4 rings (SSSR count). The summed E-state index contributed by atoms with van der Waals surface area (Å²) in [4.78, 5) is 30.6. The van der Waals surface area contributed by atoms with Crippen LogP contribution in [0.3, 0.4) is 0 Å². The van der Waals surface area contributed by atoms with E-state index in [0.717, 1.165) is 28.1 Å². The van der Waals surface area contributed by atoms with Gasteiger partial charge in [0.05, 0.1) is 18.2 Å². The summed E-state index contributed by atoms with van der Waals surface area (Å²) in [5.41, 5.74) is 4.45. The van der Waals surface area contributed by atoms with Gasteiger partial charge < -0.3 is 14.7 Å². The van der Waals surface area contributed by atoms with Gasteiger partial charge in [-0.1, -0.05) is 45.0 Å². The summed E-state index contributed by atoms with van der Waals surface area (Å²) in [5.74, 6) is -0.843. The number of nitrogens with zero attached hydrogens (tertiary/aromatic N) is 2. The van der Waals surface area contributed by atoms with E-state index in [-0.39, 0.29) is 16.7 Å². The summed E-state index contributed by atoms with van der Waals surface area (Å²) >= 11 is 0. The van der Waals surface area contributed by atoms with Gasteiger partial charge in [0.1, 0.15) is 11.5 Å². The van der Waals surface area contributed by atoms with E-state index >= 15 is 0 Å². The molecule has 0 saturated carbocycles. The van der Waals surface area contributed by atoms with Gasteiger partial charge in [-0.25, -0.2) is 0 Å². The van der Waals surface area contributed by atoms with Crippen LogP contribution in [0, 0.1) is 6.92 Å². The van der Waals surface area contributed by atoms with Crippen molar-refractivity contribution in [2.24, 2.45) is 0 Å². The highest BCUT2D eigenvalue weighted by molar-refractivity contribution is 6.51. The Hall–Kier alpha value is -4.06. The third-order valence-corrected chi connectivity index (χ3v) is 6.93. The van der Waals surface area contributed by atoms with Crippen molar-refractivity contribution < 1.29 is 19.4 Å². The third kappa shape index (κ3) is 4.91. The second-order valence-corrected chi connectivity index (χ2v) is 10.8. The van der Waals surface area contributed by atoms with Gasteiger partial charge in [-0.05, 0) is 72.9 Å². The van der Waals surface area contributed by atoms with Crippen LogP contribution in [0.4, 0.5) is 11.4 Å². The van der Waals surface area contributed by atoms with Crippen LogP contribution in [0.2, 0.25) is 0 Å². The van der Waals surface area contributed by atoms with Gasteiger partial charge in [-0.15, -0.1) is 0 Å². The number of ketones is 1. The Morgan fingerprint density at radius 2 is 1.66 bits per heavy atom. The van der Waals surface area contributed by atoms with E-state index in [9.17, 15) is 14.7 Å². The summed E-state index contributed by atoms with van der Waals surface area (Å²) in [6, 6.07) is 19.8. The lowest BCUT2D eigenvalue weighted by Crippen LogP contribution is -2.29. The highest BCUT2D eigenvalue weighted by Gasteiger charge is 2.47. The maximum atomic E-state index is 13.6. The van der Waals surface area contributed by atoms with Crippen LogP contribution >= 0.6 is 0 Å². The molecule has 0 aromatic heterocycles. The van der Waals surface area contributed by atoms with Crippen molar-refractivity contribution in [3.05, 3.63) is 94.6 Å². The van der Waals surface area contributed by atoms with E-state index in [1.165, 1.54) is 4.90 Å². The summed E-state index contributed by atoms with van der Waals surface area (Å²) in [6.45, 7) is 10.6.